The first-order valence-corrected chi connectivity index (χ1v) is 4.77. The number of benzene rings is 1. The Hall–Kier alpha value is -1.53. The maximum absolute atomic E-state index is 8.63. The Balaban J connectivity index is 2.67. The fourth-order valence-corrected chi connectivity index (χ4v) is 1.70. The number of alkyl halides is 1. The van der Waals surface area contributed by atoms with E-state index in [2.05, 4.69) is 16.0 Å². The highest BCUT2D eigenvalue weighted by atomic mass is 35.5. The summed E-state index contributed by atoms with van der Waals surface area (Å²) in [6.45, 7) is 0. The Bertz CT molecular complexity index is 496. The van der Waals surface area contributed by atoms with Crippen molar-refractivity contribution in [2.75, 3.05) is 0 Å². The second-order valence-electron chi connectivity index (χ2n) is 2.98. The van der Waals surface area contributed by atoms with E-state index in [-0.39, 0.29) is 0 Å². The van der Waals surface area contributed by atoms with Gasteiger partial charge in [0.15, 0.2) is 0 Å². The standard InChI is InChI=1S/C10H8ClN3/c11-5-8-2-1-7(3-4-12)9-10(8)14-6-13-9/h1-2,6H,3,5H2,(H,13,14). The summed E-state index contributed by atoms with van der Waals surface area (Å²) in [6.07, 6.45) is 2.02. The first kappa shape index (κ1) is 9.04. The van der Waals surface area contributed by atoms with E-state index in [0.29, 0.717) is 12.3 Å². The van der Waals surface area contributed by atoms with E-state index in [1.165, 1.54) is 0 Å². The van der Waals surface area contributed by atoms with Crippen LogP contribution in [0.3, 0.4) is 0 Å². The lowest BCUT2D eigenvalue weighted by Crippen LogP contribution is -1.88. The summed E-state index contributed by atoms with van der Waals surface area (Å²) in [5.74, 6) is 0.439. The molecule has 0 spiro atoms. The molecule has 0 saturated carbocycles. The molecule has 0 unspecified atom stereocenters. The van der Waals surface area contributed by atoms with Gasteiger partial charge >= 0.3 is 0 Å². The van der Waals surface area contributed by atoms with Gasteiger partial charge in [-0.15, -0.1) is 11.6 Å². The number of fused-ring (bicyclic) bond motifs is 1. The maximum atomic E-state index is 8.63. The van der Waals surface area contributed by atoms with E-state index in [0.717, 1.165) is 22.2 Å². The molecule has 14 heavy (non-hydrogen) atoms. The van der Waals surface area contributed by atoms with E-state index in [4.69, 9.17) is 16.9 Å². The fourth-order valence-electron chi connectivity index (χ4n) is 1.49. The van der Waals surface area contributed by atoms with Crippen LogP contribution < -0.4 is 0 Å². The maximum Gasteiger partial charge on any atom is 0.0932 e. The summed E-state index contributed by atoms with van der Waals surface area (Å²) in [4.78, 5) is 7.21. The first-order chi connectivity index (χ1) is 6.86. The Labute approximate surface area is 86.3 Å². The lowest BCUT2D eigenvalue weighted by atomic mass is 10.1. The average Bonchev–Trinajstić information content (AvgIpc) is 2.67. The van der Waals surface area contributed by atoms with Crippen molar-refractivity contribution in [3.63, 3.8) is 0 Å². The molecule has 0 atom stereocenters. The third kappa shape index (κ3) is 1.34. The number of imidazole rings is 1. The van der Waals surface area contributed by atoms with Gasteiger partial charge in [0.25, 0.3) is 0 Å². The minimum Gasteiger partial charge on any atom is -0.344 e. The molecule has 0 radical (unpaired) electrons. The van der Waals surface area contributed by atoms with Gasteiger partial charge in [0, 0.05) is 5.88 Å². The number of halogens is 1. The van der Waals surface area contributed by atoms with E-state index < -0.39 is 0 Å². The number of nitriles is 1. The second kappa shape index (κ2) is 3.69. The number of nitrogens with zero attached hydrogens (tertiary/aromatic N) is 2. The molecule has 2 aromatic rings. The summed E-state index contributed by atoms with van der Waals surface area (Å²) < 4.78 is 0. The van der Waals surface area contributed by atoms with Crippen LogP contribution in [-0.4, -0.2) is 9.97 Å². The molecule has 0 aliphatic rings. The van der Waals surface area contributed by atoms with Gasteiger partial charge in [-0.1, -0.05) is 12.1 Å². The van der Waals surface area contributed by atoms with Crippen LogP contribution in [0.2, 0.25) is 0 Å². The molecule has 0 amide bonds. The Kier molecular flexibility index (Phi) is 2.38. The number of aromatic nitrogens is 2. The zero-order valence-corrected chi connectivity index (χ0v) is 8.17. The molecule has 1 aromatic carbocycles. The van der Waals surface area contributed by atoms with E-state index in [1.54, 1.807) is 6.33 Å². The van der Waals surface area contributed by atoms with Crippen molar-refractivity contribution < 1.29 is 0 Å². The van der Waals surface area contributed by atoms with Crippen LogP contribution in [0.15, 0.2) is 18.5 Å². The van der Waals surface area contributed by atoms with E-state index in [1.807, 2.05) is 12.1 Å². The highest BCUT2D eigenvalue weighted by molar-refractivity contribution is 6.17. The van der Waals surface area contributed by atoms with Crippen molar-refractivity contribution in [1.29, 1.82) is 5.26 Å². The SMILES string of the molecule is N#CCc1ccc(CCl)c2nc[nH]c12. The van der Waals surface area contributed by atoms with Gasteiger partial charge in [0.1, 0.15) is 0 Å². The summed E-state index contributed by atoms with van der Waals surface area (Å²) in [5.41, 5.74) is 3.75. The van der Waals surface area contributed by atoms with Crippen LogP contribution in [0.25, 0.3) is 11.0 Å². The summed E-state index contributed by atoms with van der Waals surface area (Å²) >= 11 is 5.77. The molecular formula is C10H8ClN3. The molecule has 70 valence electrons. The lowest BCUT2D eigenvalue weighted by Gasteiger charge is -2.00. The predicted molar refractivity (Wildman–Crippen MR) is 55.0 cm³/mol. The van der Waals surface area contributed by atoms with Gasteiger partial charge in [0.2, 0.25) is 0 Å². The third-order valence-corrected chi connectivity index (χ3v) is 2.45. The lowest BCUT2D eigenvalue weighted by molar-refractivity contribution is 1.26. The van der Waals surface area contributed by atoms with Crippen LogP contribution in [0.4, 0.5) is 0 Å². The van der Waals surface area contributed by atoms with Crippen molar-refractivity contribution in [1.82, 2.24) is 9.97 Å². The highest BCUT2D eigenvalue weighted by Crippen LogP contribution is 2.21. The monoisotopic (exact) mass is 205 g/mol. The summed E-state index contributed by atoms with van der Waals surface area (Å²) in [5, 5.41) is 8.63. The Morgan fingerprint density at radius 2 is 2.21 bits per heavy atom. The first-order valence-electron chi connectivity index (χ1n) is 4.23. The quantitative estimate of drug-likeness (QED) is 0.766. The second-order valence-corrected chi connectivity index (χ2v) is 3.25. The van der Waals surface area contributed by atoms with Crippen LogP contribution in [0.5, 0.6) is 0 Å². The van der Waals surface area contributed by atoms with E-state index in [9.17, 15) is 0 Å². The molecule has 1 N–H and O–H groups in total. The van der Waals surface area contributed by atoms with Gasteiger partial charge in [-0.05, 0) is 11.1 Å². The van der Waals surface area contributed by atoms with Gasteiger partial charge < -0.3 is 4.98 Å². The van der Waals surface area contributed by atoms with Gasteiger partial charge in [0.05, 0.1) is 29.9 Å². The average molecular weight is 206 g/mol. The molecule has 0 aliphatic heterocycles. The molecule has 0 bridgehead atoms. The number of nitrogens with one attached hydrogen (secondary N) is 1. The number of aromatic amines is 1. The zero-order chi connectivity index (χ0) is 9.97. The number of H-pyrrole nitrogens is 1. The van der Waals surface area contributed by atoms with Crippen molar-refractivity contribution in [2.24, 2.45) is 0 Å². The number of rotatable bonds is 2. The molecule has 2 rings (SSSR count). The molecule has 4 heteroatoms. The van der Waals surface area contributed by atoms with E-state index >= 15 is 0 Å². The minimum atomic E-state index is 0.390. The normalized spacial score (nSPS) is 10.3. The largest absolute Gasteiger partial charge is 0.344 e. The predicted octanol–water partition coefficient (Wildman–Crippen LogP) is 2.37. The molecule has 3 nitrogen and oxygen atoms in total. The molecule has 0 fully saturated rings. The Morgan fingerprint density at radius 1 is 1.43 bits per heavy atom. The number of hydrogen-bond donors (Lipinski definition) is 1. The van der Waals surface area contributed by atoms with Crippen LogP contribution in [0.1, 0.15) is 11.1 Å². The highest BCUT2D eigenvalue weighted by Gasteiger charge is 2.06. The molecule has 1 heterocycles. The smallest absolute Gasteiger partial charge is 0.0932 e. The Morgan fingerprint density at radius 3 is 2.93 bits per heavy atom. The summed E-state index contributed by atoms with van der Waals surface area (Å²) in [6, 6.07) is 5.96. The van der Waals surface area contributed by atoms with Crippen molar-refractivity contribution in [3.05, 3.63) is 29.6 Å². The fraction of sp³-hybridized carbons (Fsp3) is 0.200. The topological polar surface area (TPSA) is 52.5 Å². The molecule has 1 aromatic heterocycles. The number of hydrogen-bond acceptors (Lipinski definition) is 2. The molecule has 0 aliphatic carbocycles. The van der Waals surface area contributed by atoms with Gasteiger partial charge in [-0.2, -0.15) is 5.26 Å². The van der Waals surface area contributed by atoms with Gasteiger partial charge in [-0.25, -0.2) is 4.98 Å². The molecule has 0 saturated heterocycles. The van der Waals surface area contributed by atoms with Crippen LogP contribution in [-0.2, 0) is 12.3 Å². The van der Waals surface area contributed by atoms with Crippen LogP contribution in [0, 0.1) is 11.3 Å². The van der Waals surface area contributed by atoms with Gasteiger partial charge in [-0.3, -0.25) is 0 Å². The summed E-state index contributed by atoms with van der Waals surface area (Å²) in [7, 11) is 0. The van der Waals surface area contributed by atoms with Crippen LogP contribution >= 0.6 is 11.6 Å². The minimum absolute atomic E-state index is 0.390. The third-order valence-electron chi connectivity index (χ3n) is 2.16. The van der Waals surface area contributed by atoms with Crippen molar-refractivity contribution >= 4 is 22.6 Å². The van der Waals surface area contributed by atoms with Crippen molar-refractivity contribution in [2.45, 2.75) is 12.3 Å². The zero-order valence-electron chi connectivity index (χ0n) is 7.42. The molecular weight excluding hydrogens is 198 g/mol. The van der Waals surface area contributed by atoms with Crippen molar-refractivity contribution in [3.8, 4) is 6.07 Å².